The van der Waals surface area contributed by atoms with Crippen LogP contribution in [0.2, 0.25) is 0 Å². The minimum absolute atomic E-state index is 0.277. The molecule has 0 fully saturated rings. The van der Waals surface area contributed by atoms with Gasteiger partial charge in [-0.15, -0.1) is 0 Å². The highest BCUT2D eigenvalue weighted by atomic mass is 17.2. The molecule has 1 heterocycles. The maximum Gasteiger partial charge on any atom is 0.253 e. The number of imide groups is 1. The molecule has 20 heavy (non-hydrogen) atoms. The van der Waals surface area contributed by atoms with Gasteiger partial charge >= 0.3 is 0 Å². The predicted molar refractivity (Wildman–Crippen MR) is 72.4 cm³/mol. The van der Waals surface area contributed by atoms with Gasteiger partial charge in [0.1, 0.15) is 0 Å². The number of ether oxygens (including phenoxy) is 1. The number of nitrogens with zero attached hydrogens (tertiary/aromatic N) is 1. The number of hydrogen-bond donors (Lipinski definition) is 0. The molecule has 0 spiro atoms. The SMILES string of the molecule is COC(C)(CCCN1C(=O)C=CC1=O)OOC(C)(C)C. The first kappa shape index (κ1) is 16.8. The van der Waals surface area contributed by atoms with Gasteiger partial charge in [-0.2, -0.15) is 0 Å². The standard InChI is InChI=1S/C14H23NO5/c1-13(2,3)19-20-14(4,18-5)9-6-10-15-11(16)7-8-12(15)17/h7-8H,6,9-10H2,1-5H3. The number of rotatable bonds is 7. The Kier molecular flexibility index (Phi) is 5.44. The Hall–Kier alpha value is -1.24. The van der Waals surface area contributed by atoms with E-state index in [4.69, 9.17) is 14.5 Å². The van der Waals surface area contributed by atoms with Crippen molar-refractivity contribution in [2.75, 3.05) is 13.7 Å². The zero-order chi connectivity index (χ0) is 15.4. The first-order valence-electron chi connectivity index (χ1n) is 6.62. The van der Waals surface area contributed by atoms with Crippen molar-refractivity contribution >= 4 is 11.8 Å². The van der Waals surface area contributed by atoms with Crippen LogP contribution in [0.4, 0.5) is 0 Å². The highest BCUT2D eigenvalue weighted by Gasteiger charge is 2.30. The summed E-state index contributed by atoms with van der Waals surface area (Å²) in [6.07, 6.45) is 3.61. The molecule has 0 aromatic carbocycles. The van der Waals surface area contributed by atoms with Crippen LogP contribution in [0.25, 0.3) is 0 Å². The van der Waals surface area contributed by atoms with Gasteiger partial charge in [-0.05, 0) is 34.1 Å². The van der Waals surface area contributed by atoms with Crippen molar-refractivity contribution in [3.63, 3.8) is 0 Å². The normalized spacial score (nSPS) is 18.8. The van der Waals surface area contributed by atoms with Crippen molar-refractivity contribution in [2.24, 2.45) is 0 Å². The summed E-state index contributed by atoms with van der Waals surface area (Å²) in [4.78, 5) is 34.6. The lowest BCUT2D eigenvalue weighted by atomic mass is 10.1. The quantitative estimate of drug-likeness (QED) is 0.309. The minimum atomic E-state index is -0.910. The average Bonchev–Trinajstić information content (AvgIpc) is 2.67. The Labute approximate surface area is 119 Å². The molecule has 0 aliphatic carbocycles. The summed E-state index contributed by atoms with van der Waals surface area (Å²) in [5.74, 6) is -1.46. The molecule has 0 aromatic rings. The molecule has 114 valence electrons. The number of amides is 2. The van der Waals surface area contributed by atoms with Gasteiger partial charge in [-0.25, -0.2) is 9.78 Å². The molecule has 2 amide bonds. The molecule has 0 aromatic heterocycles. The minimum Gasteiger partial charge on any atom is -0.351 e. The predicted octanol–water partition coefficient (Wildman–Crippen LogP) is 1.80. The molecule has 1 unspecified atom stereocenters. The zero-order valence-electron chi connectivity index (χ0n) is 12.8. The Morgan fingerprint density at radius 3 is 2.05 bits per heavy atom. The van der Waals surface area contributed by atoms with Crippen LogP contribution in [0.15, 0.2) is 12.2 Å². The third kappa shape index (κ3) is 5.03. The Morgan fingerprint density at radius 2 is 1.60 bits per heavy atom. The molecule has 0 saturated heterocycles. The Bertz CT molecular complexity index is 381. The molecule has 0 N–H and O–H groups in total. The monoisotopic (exact) mass is 285 g/mol. The summed E-state index contributed by atoms with van der Waals surface area (Å²) < 4.78 is 5.30. The van der Waals surface area contributed by atoms with Gasteiger partial charge in [0.05, 0.1) is 5.60 Å². The highest BCUT2D eigenvalue weighted by molar-refractivity contribution is 6.12. The van der Waals surface area contributed by atoms with Crippen LogP contribution >= 0.6 is 0 Å². The van der Waals surface area contributed by atoms with Crippen molar-refractivity contribution < 1.29 is 24.1 Å². The maximum atomic E-state index is 11.4. The van der Waals surface area contributed by atoms with Crippen LogP contribution in [-0.2, 0) is 24.1 Å². The molecular formula is C14H23NO5. The lowest BCUT2D eigenvalue weighted by Gasteiger charge is -2.30. The van der Waals surface area contributed by atoms with Crippen LogP contribution in [-0.4, -0.2) is 41.8 Å². The highest BCUT2D eigenvalue weighted by Crippen LogP contribution is 2.22. The summed E-state index contributed by atoms with van der Waals surface area (Å²) in [6, 6.07) is 0. The summed E-state index contributed by atoms with van der Waals surface area (Å²) in [6.45, 7) is 7.70. The molecule has 6 heteroatoms. The van der Waals surface area contributed by atoms with E-state index >= 15 is 0 Å². The van der Waals surface area contributed by atoms with Crippen molar-refractivity contribution in [3.05, 3.63) is 12.2 Å². The van der Waals surface area contributed by atoms with Crippen LogP contribution < -0.4 is 0 Å². The smallest absolute Gasteiger partial charge is 0.253 e. The van der Waals surface area contributed by atoms with Crippen molar-refractivity contribution in [2.45, 2.75) is 51.9 Å². The van der Waals surface area contributed by atoms with E-state index in [1.54, 1.807) is 6.92 Å². The molecule has 0 radical (unpaired) electrons. The molecule has 1 rings (SSSR count). The lowest BCUT2D eigenvalue weighted by molar-refractivity contribution is -0.452. The topological polar surface area (TPSA) is 65.1 Å². The van der Waals surface area contributed by atoms with E-state index in [9.17, 15) is 9.59 Å². The Balaban J connectivity index is 2.41. The zero-order valence-corrected chi connectivity index (χ0v) is 12.8. The summed E-state index contributed by atoms with van der Waals surface area (Å²) in [5.41, 5.74) is -0.440. The third-order valence-corrected chi connectivity index (χ3v) is 2.81. The van der Waals surface area contributed by atoms with Crippen molar-refractivity contribution in [3.8, 4) is 0 Å². The van der Waals surface area contributed by atoms with Gasteiger partial charge in [-0.3, -0.25) is 14.5 Å². The van der Waals surface area contributed by atoms with Gasteiger partial charge in [0, 0.05) is 32.2 Å². The number of methoxy groups -OCH3 is 1. The van der Waals surface area contributed by atoms with Crippen molar-refractivity contribution in [1.82, 2.24) is 4.90 Å². The van der Waals surface area contributed by atoms with E-state index in [1.165, 1.54) is 24.2 Å². The summed E-state index contributed by atoms with van der Waals surface area (Å²) >= 11 is 0. The maximum absolute atomic E-state index is 11.4. The summed E-state index contributed by atoms with van der Waals surface area (Å²) in [7, 11) is 1.53. The Morgan fingerprint density at radius 1 is 1.05 bits per heavy atom. The molecule has 1 aliphatic heterocycles. The van der Waals surface area contributed by atoms with E-state index in [-0.39, 0.29) is 11.8 Å². The van der Waals surface area contributed by atoms with E-state index < -0.39 is 11.4 Å². The fourth-order valence-electron chi connectivity index (χ4n) is 1.60. The van der Waals surface area contributed by atoms with Gasteiger partial charge in [0.25, 0.3) is 11.8 Å². The van der Waals surface area contributed by atoms with E-state index in [0.29, 0.717) is 19.4 Å². The largest absolute Gasteiger partial charge is 0.351 e. The second-order valence-corrected chi connectivity index (χ2v) is 5.88. The first-order valence-corrected chi connectivity index (χ1v) is 6.62. The van der Waals surface area contributed by atoms with Gasteiger partial charge < -0.3 is 4.74 Å². The van der Waals surface area contributed by atoms with E-state index in [0.717, 1.165) is 0 Å². The molecule has 1 aliphatic rings. The second kappa shape index (κ2) is 6.47. The molecule has 1 atom stereocenters. The van der Waals surface area contributed by atoms with Crippen molar-refractivity contribution in [1.29, 1.82) is 0 Å². The van der Waals surface area contributed by atoms with Crippen LogP contribution in [0.1, 0.15) is 40.5 Å². The van der Waals surface area contributed by atoms with Crippen LogP contribution in [0.3, 0.4) is 0 Å². The number of carbonyl (C=O) groups excluding carboxylic acids is 2. The summed E-state index contributed by atoms with van der Waals surface area (Å²) in [5, 5.41) is 0. The first-order chi connectivity index (χ1) is 9.17. The van der Waals surface area contributed by atoms with E-state index in [1.807, 2.05) is 20.8 Å². The van der Waals surface area contributed by atoms with Gasteiger partial charge in [0.2, 0.25) is 0 Å². The molecule has 0 saturated carbocycles. The fraction of sp³-hybridized carbons (Fsp3) is 0.714. The van der Waals surface area contributed by atoms with E-state index in [2.05, 4.69) is 0 Å². The second-order valence-electron chi connectivity index (χ2n) is 5.88. The molecular weight excluding hydrogens is 262 g/mol. The van der Waals surface area contributed by atoms with Gasteiger partial charge in [0.15, 0.2) is 5.79 Å². The number of hydrogen-bond acceptors (Lipinski definition) is 5. The fourth-order valence-corrected chi connectivity index (χ4v) is 1.60. The molecule has 0 bridgehead atoms. The third-order valence-electron chi connectivity index (χ3n) is 2.81. The average molecular weight is 285 g/mol. The lowest BCUT2D eigenvalue weighted by Crippen LogP contribution is -2.37. The number of carbonyl (C=O) groups is 2. The van der Waals surface area contributed by atoms with Crippen LogP contribution in [0.5, 0.6) is 0 Å². The van der Waals surface area contributed by atoms with Crippen LogP contribution in [0, 0.1) is 0 Å². The molecule has 6 nitrogen and oxygen atoms in total. The van der Waals surface area contributed by atoms with Gasteiger partial charge in [-0.1, -0.05) is 0 Å².